The summed E-state index contributed by atoms with van der Waals surface area (Å²) in [6.07, 6.45) is 6.90. The Balaban J connectivity index is 2.72. The quantitative estimate of drug-likeness (QED) is 0.475. The van der Waals surface area contributed by atoms with E-state index >= 15 is 0 Å². The van der Waals surface area contributed by atoms with Crippen LogP contribution < -0.4 is 0 Å². The van der Waals surface area contributed by atoms with E-state index in [9.17, 15) is 4.79 Å². The molecule has 1 atom stereocenters. The molecule has 0 heterocycles. The first-order chi connectivity index (χ1) is 9.65. The summed E-state index contributed by atoms with van der Waals surface area (Å²) in [7, 11) is 0. The van der Waals surface area contributed by atoms with Gasteiger partial charge in [0.2, 0.25) is 0 Å². The minimum absolute atomic E-state index is 0.0957. The molecule has 2 heteroatoms. The van der Waals surface area contributed by atoms with Crippen molar-refractivity contribution in [3.8, 4) is 0 Å². The van der Waals surface area contributed by atoms with E-state index in [4.69, 9.17) is 4.74 Å². The van der Waals surface area contributed by atoms with Crippen LogP contribution in [0.4, 0.5) is 0 Å². The fourth-order valence-corrected chi connectivity index (χ4v) is 2.54. The van der Waals surface area contributed by atoms with Gasteiger partial charge in [-0.15, -0.1) is 0 Å². The van der Waals surface area contributed by atoms with Crippen LogP contribution in [-0.4, -0.2) is 12.6 Å². The highest BCUT2D eigenvalue weighted by Gasteiger charge is 2.35. The molecule has 1 unspecified atom stereocenters. The first kappa shape index (κ1) is 16.7. The average molecular weight is 276 g/mol. The van der Waals surface area contributed by atoms with Crippen LogP contribution in [0.2, 0.25) is 0 Å². The highest BCUT2D eigenvalue weighted by atomic mass is 16.5. The molecule has 0 aliphatic heterocycles. The Kier molecular flexibility index (Phi) is 7.35. The van der Waals surface area contributed by atoms with Gasteiger partial charge in [0.25, 0.3) is 0 Å². The summed E-state index contributed by atoms with van der Waals surface area (Å²) in [5.74, 6) is -0.0957. The maximum atomic E-state index is 12.4. The van der Waals surface area contributed by atoms with Crippen molar-refractivity contribution >= 4 is 5.97 Å². The Labute approximate surface area is 123 Å². The summed E-state index contributed by atoms with van der Waals surface area (Å²) in [5, 5.41) is 0. The van der Waals surface area contributed by atoms with Gasteiger partial charge < -0.3 is 4.74 Å². The maximum Gasteiger partial charge on any atom is 0.316 e. The molecule has 2 nitrogen and oxygen atoms in total. The third kappa shape index (κ3) is 4.66. The predicted octanol–water partition coefficient (Wildman–Crippen LogP) is 4.87. The molecular formula is C18H28O2. The number of carbonyl (C=O) groups is 1. The number of hydrogen-bond acceptors (Lipinski definition) is 2. The van der Waals surface area contributed by atoms with Crippen molar-refractivity contribution in [3.05, 3.63) is 35.9 Å². The molecule has 1 rings (SSSR count). The molecule has 0 saturated heterocycles. The Hall–Kier alpha value is -1.31. The average Bonchev–Trinajstić information content (AvgIpc) is 2.48. The lowest BCUT2D eigenvalue weighted by Gasteiger charge is -2.27. The van der Waals surface area contributed by atoms with Crippen molar-refractivity contribution in [2.45, 2.75) is 64.7 Å². The number of rotatable bonds is 9. The van der Waals surface area contributed by atoms with E-state index in [1.807, 2.05) is 44.2 Å². The van der Waals surface area contributed by atoms with Gasteiger partial charge in [0.05, 0.1) is 12.0 Å². The first-order valence-corrected chi connectivity index (χ1v) is 7.88. The molecule has 0 aliphatic rings. The molecule has 0 fully saturated rings. The minimum atomic E-state index is -0.510. The second-order valence-corrected chi connectivity index (χ2v) is 5.58. The van der Waals surface area contributed by atoms with Gasteiger partial charge in [-0.1, -0.05) is 69.4 Å². The van der Waals surface area contributed by atoms with E-state index in [1.165, 1.54) is 25.7 Å². The molecule has 1 aromatic carbocycles. The van der Waals surface area contributed by atoms with Gasteiger partial charge in [-0.3, -0.25) is 4.79 Å². The number of unbranched alkanes of at least 4 members (excludes halogenated alkanes) is 4. The standard InChI is InChI=1S/C18H28O2/c1-4-6-7-8-12-15-18(3,17(19)20-5-2)16-13-10-9-11-14-16/h9-11,13-14H,4-8,12,15H2,1-3H3. The van der Waals surface area contributed by atoms with Crippen LogP contribution in [0.5, 0.6) is 0 Å². The molecule has 0 saturated carbocycles. The van der Waals surface area contributed by atoms with Crippen LogP contribution in [-0.2, 0) is 14.9 Å². The van der Waals surface area contributed by atoms with Crippen LogP contribution in [0.15, 0.2) is 30.3 Å². The van der Waals surface area contributed by atoms with Crippen molar-refractivity contribution in [3.63, 3.8) is 0 Å². The summed E-state index contributed by atoms with van der Waals surface area (Å²) >= 11 is 0. The second kappa shape index (κ2) is 8.78. The highest BCUT2D eigenvalue weighted by molar-refractivity contribution is 5.82. The Morgan fingerprint density at radius 1 is 1.05 bits per heavy atom. The van der Waals surface area contributed by atoms with Crippen molar-refractivity contribution in [1.82, 2.24) is 0 Å². The second-order valence-electron chi connectivity index (χ2n) is 5.58. The number of benzene rings is 1. The van der Waals surface area contributed by atoms with E-state index in [0.29, 0.717) is 6.61 Å². The summed E-state index contributed by atoms with van der Waals surface area (Å²) < 4.78 is 5.30. The first-order valence-electron chi connectivity index (χ1n) is 7.88. The van der Waals surface area contributed by atoms with E-state index in [1.54, 1.807) is 0 Å². The summed E-state index contributed by atoms with van der Waals surface area (Å²) in [4.78, 5) is 12.4. The van der Waals surface area contributed by atoms with Crippen LogP contribution in [0.1, 0.15) is 64.9 Å². The lowest BCUT2D eigenvalue weighted by Crippen LogP contribution is -2.34. The monoisotopic (exact) mass is 276 g/mol. The lowest BCUT2D eigenvalue weighted by molar-refractivity contribution is -0.149. The summed E-state index contributed by atoms with van der Waals surface area (Å²) in [6.45, 7) is 6.54. The molecule has 0 amide bonds. The predicted molar refractivity (Wildman–Crippen MR) is 83.8 cm³/mol. The number of hydrogen-bond donors (Lipinski definition) is 0. The SMILES string of the molecule is CCCCCCCC(C)(C(=O)OCC)c1ccccc1. The van der Waals surface area contributed by atoms with Gasteiger partial charge in [-0.05, 0) is 25.8 Å². The third-order valence-corrected chi connectivity index (χ3v) is 3.92. The normalized spacial score (nSPS) is 13.8. The molecule has 0 bridgehead atoms. The number of esters is 1. The number of carbonyl (C=O) groups excluding carboxylic acids is 1. The van der Waals surface area contributed by atoms with E-state index < -0.39 is 5.41 Å². The van der Waals surface area contributed by atoms with Gasteiger partial charge >= 0.3 is 5.97 Å². The van der Waals surface area contributed by atoms with Crippen LogP contribution in [0.3, 0.4) is 0 Å². The Bertz CT molecular complexity index is 386. The van der Waals surface area contributed by atoms with E-state index in [0.717, 1.165) is 18.4 Å². The van der Waals surface area contributed by atoms with Gasteiger partial charge in [0.15, 0.2) is 0 Å². The van der Waals surface area contributed by atoms with Crippen molar-refractivity contribution < 1.29 is 9.53 Å². The topological polar surface area (TPSA) is 26.3 Å². The van der Waals surface area contributed by atoms with E-state index in [-0.39, 0.29) is 5.97 Å². The zero-order valence-corrected chi connectivity index (χ0v) is 13.2. The summed E-state index contributed by atoms with van der Waals surface area (Å²) in [5.41, 5.74) is 0.553. The zero-order chi connectivity index (χ0) is 14.8. The van der Waals surface area contributed by atoms with Crippen molar-refractivity contribution in [1.29, 1.82) is 0 Å². The van der Waals surface area contributed by atoms with Crippen LogP contribution in [0.25, 0.3) is 0 Å². The molecule has 0 spiro atoms. The lowest BCUT2D eigenvalue weighted by atomic mass is 9.78. The fourth-order valence-electron chi connectivity index (χ4n) is 2.54. The van der Waals surface area contributed by atoms with Crippen molar-refractivity contribution in [2.24, 2.45) is 0 Å². The molecule has 0 aliphatic carbocycles. The van der Waals surface area contributed by atoms with Gasteiger partial charge in [0.1, 0.15) is 0 Å². The van der Waals surface area contributed by atoms with Crippen LogP contribution in [0, 0.1) is 0 Å². The molecule has 1 aromatic rings. The largest absolute Gasteiger partial charge is 0.465 e. The molecule has 112 valence electrons. The minimum Gasteiger partial charge on any atom is -0.465 e. The molecule has 0 radical (unpaired) electrons. The van der Waals surface area contributed by atoms with Gasteiger partial charge in [0, 0.05) is 0 Å². The molecule has 0 N–H and O–H groups in total. The smallest absolute Gasteiger partial charge is 0.316 e. The molecular weight excluding hydrogens is 248 g/mol. The molecule has 0 aromatic heterocycles. The Morgan fingerprint density at radius 3 is 2.30 bits per heavy atom. The van der Waals surface area contributed by atoms with Gasteiger partial charge in [-0.2, -0.15) is 0 Å². The maximum absolute atomic E-state index is 12.4. The summed E-state index contributed by atoms with van der Waals surface area (Å²) in [6, 6.07) is 10.0. The van der Waals surface area contributed by atoms with Crippen molar-refractivity contribution in [2.75, 3.05) is 6.61 Å². The van der Waals surface area contributed by atoms with Crippen LogP contribution >= 0.6 is 0 Å². The zero-order valence-electron chi connectivity index (χ0n) is 13.2. The van der Waals surface area contributed by atoms with Gasteiger partial charge in [-0.25, -0.2) is 0 Å². The van der Waals surface area contributed by atoms with E-state index in [2.05, 4.69) is 6.92 Å². The number of ether oxygens (including phenoxy) is 1. The third-order valence-electron chi connectivity index (χ3n) is 3.92. The fraction of sp³-hybridized carbons (Fsp3) is 0.611. The molecule has 20 heavy (non-hydrogen) atoms. The Morgan fingerprint density at radius 2 is 1.70 bits per heavy atom. The highest BCUT2D eigenvalue weighted by Crippen LogP contribution is 2.31.